The molecule has 160 valence electrons. The molecule has 0 unspecified atom stereocenters. The largest absolute Gasteiger partial charge is 0.417 e. The number of benzene rings is 2. The van der Waals surface area contributed by atoms with E-state index >= 15 is 0 Å². The van der Waals surface area contributed by atoms with Gasteiger partial charge in [-0.1, -0.05) is 32.8 Å². The van der Waals surface area contributed by atoms with Gasteiger partial charge in [-0.15, -0.1) is 0 Å². The number of rotatable bonds is 2. The summed E-state index contributed by atoms with van der Waals surface area (Å²) >= 11 is 0. The molecular formula is C16H7F12P. The molecule has 0 amide bonds. The van der Waals surface area contributed by atoms with Gasteiger partial charge in [0.2, 0.25) is 0 Å². The lowest BCUT2D eigenvalue weighted by Crippen LogP contribution is -2.28. The molecule has 0 nitrogen and oxygen atoms in total. The van der Waals surface area contributed by atoms with Crippen molar-refractivity contribution in [1.82, 2.24) is 0 Å². The lowest BCUT2D eigenvalue weighted by atomic mass is 10.1. The van der Waals surface area contributed by atoms with Crippen LogP contribution in [-0.4, -0.2) is 0 Å². The van der Waals surface area contributed by atoms with Crippen LogP contribution in [0.4, 0.5) is 52.7 Å². The Balaban J connectivity index is 2.77. The van der Waals surface area contributed by atoms with Crippen molar-refractivity contribution in [1.29, 1.82) is 0 Å². The van der Waals surface area contributed by atoms with E-state index in [0.717, 1.165) is 0 Å². The van der Waals surface area contributed by atoms with Crippen LogP contribution < -0.4 is 10.6 Å². The van der Waals surface area contributed by atoms with Crippen LogP contribution in [0.1, 0.15) is 22.3 Å². The third kappa shape index (κ3) is 5.15. The quantitative estimate of drug-likeness (QED) is 0.362. The van der Waals surface area contributed by atoms with Gasteiger partial charge >= 0.3 is 24.7 Å². The maximum Gasteiger partial charge on any atom is 0.417 e. The fraction of sp³-hybridized carbons (Fsp3) is 0.250. The lowest BCUT2D eigenvalue weighted by molar-refractivity contribution is -0.161. The standard InChI is InChI=1S/C16H7F12P/c17-13(18,19)7-3-1-5-9(11(7)15(23,24)25)29-10-6-2-4-8(14(20,21)22)12(10)16(26,27)28/h1-6,29H. The summed E-state index contributed by atoms with van der Waals surface area (Å²) in [6.45, 7) is 0. The highest BCUT2D eigenvalue weighted by molar-refractivity contribution is 7.55. The average molecular weight is 458 g/mol. The first-order chi connectivity index (χ1) is 12.9. The minimum atomic E-state index is -5.60. The Kier molecular flexibility index (Phi) is 5.93. The summed E-state index contributed by atoms with van der Waals surface area (Å²) in [5.41, 5.74) is -8.76. The minimum Gasteiger partial charge on any atom is -0.166 e. The predicted octanol–water partition coefficient (Wildman–Crippen LogP) is 6.39. The molecule has 2 aromatic rings. The number of halogens is 12. The van der Waals surface area contributed by atoms with Crippen molar-refractivity contribution in [2.24, 2.45) is 0 Å². The molecule has 0 heterocycles. The summed E-state index contributed by atoms with van der Waals surface area (Å²) in [6.07, 6.45) is -22.2. The zero-order chi connectivity index (χ0) is 22.4. The molecule has 0 aromatic heterocycles. The van der Waals surface area contributed by atoms with Crippen molar-refractivity contribution in [3.63, 3.8) is 0 Å². The van der Waals surface area contributed by atoms with Crippen molar-refractivity contribution < 1.29 is 52.7 Å². The van der Waals surface area contributed by atoms with Gasteiger partial charge in [-0.2, -0.15) is 52.7 Å². The fourth-order valence-electron chi connectivity index (χ4n) is 2.54. The van der Waals surface area contributed by atoms with E-state index in [4.69, 9.17) is 0 Å². The Morgan fingerprint density at radius 2 is 0.759 bits per heavy atom. The molecule has 0 bridgehead atoms. The Morgan fingerprint density at radius 1 is 0.448 bits per heavy atom. The second-order valence-electron chi connectivity index (χ2n) is 5.57. The zero-order valence-corrected chi connectivity index (χ0v) is 14.5. The van der Waals surface area contributed by atoms with E-state index in [2.05, 4.69) is 0 Å². The van der Waals surface area contributed by atoms with Crippen LogP contribution in [0.5, 0.6) is 0 Å². The molecule has 0 atom stereocenters. The van der Waals surface area contributed by atoms with E-state index < -0.39 is 66.1 Å². The van der Waals surface area contributed by atoms with E-state index in [0.29, 0.717) is 24.3 Å². The van der Waals surface area contributed by atoms with Crippen molar-refractivity contribution in [2.45, 2.75) is 24.7 Å². The molecule has 0 aliphatic carbocycles. The van der Waals surface area contributed by atoms with E-state index in [1.54, 1.807) is 0 Å². The van der Waals surface area contributed by atoms with E-state index in [-0.39, 0.29) is 12.1 Å². The molecule has 0 saturated carbocycles. The van der Waals surface area contributed by atoms with Gasteiger partial charge in [0.1, 0.15) is 0 Å². The van der Waals surface area contributed by atoms with Crippen LogP contribution in [0.2, 0.25) is 0 Å². The van der Waals surface area contributed by atoms with Gasteiger partial charge in [-0.05, 0) is 22.7 Å². The molecule has 0 aliphatic heterocycles. The van der Waals surface area contributed by atoms with Crippen molar-refractivity contribution in [2.75, 3.05) is 0 Å². The molecule has 0 radical (unpaired) electrons. The van der Waals surface area contributed by atoms with Gasteiger partial charge in [0.15, 0.2) is 0 Å². The lowest BCUT2D eigenvalue weighted by Gasteiger charge is -2.22. The first-order valence-corrected chi connectivity index (χ1v) is 8.26. The molecular weight excluding hydrogens is 451 g/mol. The van der Waals surface area contributed by atoms with Crippen LogP contribution in [0, 0.1) is 0 Å². The molecule has 0 fully saturated rings. The van der Waals surface area contributed by atoms with Crippen LogP contribution in [0.25, 0.3) is 0 Å². The Bertz CT molecular complexity index is 813. The third-order valence-corrected chi connectivity index (χ3v) is 4.95. The minimum absolute atomic E-state index is 0.0909. The summed E-state index contributed by atoms with van der Waals surface area (Å²) in [7, 11) is -1.77. The molecule has 0 N–H and O–H groups in total. The molecule has 0 aliphatic rings. The average Bonchev–Trinajstić information content (AvgIpc) is 2.50. The highest BCUT2D eigenvalue weighted by Crippen LogP contribution is 2.43. The van der Waals surface area contributed by atoms with Crippen LogP contribution in [0.15, 0.2) is 36.4 Å². The summed E-state index contributed by atoms with van der Waals surface area (Å²) in [4.78, 5) is 0. The summed E-state index contributed by atoms with van der Waals surface area (Å²) < 4.78 is 157. The van der Waals surface area contributed by atoms with Crippen LogP contribution >= 0.6 is 8.58 Å². The van der Waals surface area contributed by atoms with Gasteiger partial charge in [-0.3, -0.25) is 0 Å². The van der Waals surface area contributed by atoms with Gasteiger partial charge in [0, 0.05) is 0 Å². The first-order valence-electron chi connectivity index (χ1n) is 7.26. The van der Waals surface area contributed by atoms with E-state index in [1.165, 1.54) is 0 Å². The molecule has 13 heteroatoms. The Morgan fingerprint density at radius 3 is 1.00 bits per heavy atom. The Hall–Kier alpha value is -1.97. The van der Waals surface area contributed by atoms with Gasteiger partial charge in [0.05, 0.1) is 22.3 Å². The number of alkyl halides is 12. The third-order valence-electron chi connectivity index (χ3n) is 3.58. The van der Waals surface area contributed by atoms with Crippen molar-refractivity contribution in [3.8, 4) is 0 Å². The number of hydrogen-bond donors (Lipinski definition) is 0. The van der Waals surface area contributed by atoms with Crippen LogP contribution in [0.3, 0.4) is 0 Å². The van der Waals surface area contributed by atoms with Crippen LogP contribution in [-0.2, 0) is 24.7 Å². The smallest absolute Gasteiger partial charge is 0.166 e. The molecule has 2 rings (SSSR count). The van der Waals surface area contributed by atoms with E-state index in [1.807, 2.05) is 0 Å². The molecule has 0 spiro atoms. The topological polar surface area (TPSA) is 0 Å². The normalized spacial score (nSPS) is 13.7. The maximum absolute atomic E-state index is 13.2. The maximum atomic E-state index is 13.2. The fourth-order valence-corrected chi connectivity index (χ4v) is 3.99. The highest BCUT2D eigenvalue weighted by Gasteiger charge is 2.47. The summed E-state index contributed by atoms with van der Waals surface area (Å²) in [5.74, 6) is 0. The second-order valence-corrected chi connectivity index (χ2v) is 6.90. The Labute approximate surface area is 156 Å². The molecule has 0 saturated heterocycles. The van der Waals surface area contributed by atoms with Crippen molar-refractivity contribution >= 4 is 19.2 Å². The highest BCUT2D eigenvalue weighted by atomic mass is 31.1. The molecule has 2 aromatic carbocycles. The zero-order valence-electron chi connectivity index (χ0n) is 13.5. The molecule has 29 heavy (non-hydrogen) atoms. The predicted molar refractivity (Wildman–Crippen MR) is 80.5 cm³/mol. The van der Waals surface area contributed by atoms with Gasteiger partial charge in [0.25, 0.3) is 0 Å². The summed E-state index contributed by atoms with van der Waals surface area (Å²) in [5, 5.41) is -2.42. The van der Waals surface area contributed by atoms with Crippen molar-refractivity contribution in [3.05, 3.63) is 58.7 Å². The monoisotopic (exact) mass is 458 g/mol. The second kappa shape index (κ2) is 7.37. The SMILES string of the molecule is FC(F)(F)c1cccc(Pc2cccc(C(F)(F)F)c2C(F)(F)F)c1C(F)(F)F. The number of hydrogen-bond acceptors (Lipinski definition) is 0. The first kappa shape index (κ1) is 23.3. The van der Waals surface area contributed by atoms with Gasteiger partial charge < -0.3 is 0 Å². The van der Waals surface area contributed by atoms with E-state index in [9.17, 15) is 52.7 Å². The van der Waals surface area contributed by atoms with Gasteiger partial charge in [-0.25, -0.2) is 0 Å². The summed E-state index contributed by atoms with van der Waals surface area (Å²) in [6, 6.07) is 2.26.